The van der Waals surface area contributed by atoms with Crippen LogP contribution in [0.15, 0.2) is 12.2 Å². The van der Waals surface area contributed by atoms with Crippen LogP contribution >= 0.6 is 0 Å². The topological polar surface area (TPSA) is 52.6 Å². The fourth-order valence-corrected chi connectivity index (χ4v) is 2.88. The van der Waals surface area contributed by atoms with Gasteiger partial charge in [-0.15, -0.1) is 0 Å². The van der Waals surface area contributed by atoms with Crippen molar-refractivity contribution >= 4 is 11.9 Å². The number of carbonyl (C=O) groups is 2. The lowest BCUT2D eigenvalue weighted by Crippen LogP contribution is -2.34. The lowest BCUT2D eigenvalue weighted by atomic mass is 9.83. The van der Waals surface area contributed by atoms with Crippen molar-refractivity contribution in [1.29, 1.82) is 0 Å². The lowest BCUT2D eigenvalue weighted by Gasteiger charge is -2.25. The van der Waals surface area contributed by atoms with Gasteiger partial charge in [-0.25, -0.2) is 0 Å². The quantitative estimate of drug-likeness (QED) is 0.334. The van der Waals surface area contributed by atoms with E-state index >= 15 is 0 Å². The summed E-state index contributed by atoms with van der Waals surface area (Å²) in [6.07, 6.45) is 8.87. The van der Waals surface area contributed by atoms with Crippen molar-refractivity contribution in [2.45, 2.75) is 66.2 Å². The molecule has 0 heterocycles. The van der Waals surface area contributed by atoms with Crippen molar-refractivity contribution in [3.8, 4) is 0 Å². The van der Waals surface area contributed by atoms with Crippen LogP contribution in [0.1, 0.15) is 66.2 Å². The van der Waals surface area contributed by atoms with Gasteiger partial charge in [-0.05, 0) is 50.4 Å². The second-order valence-corrected chi connectivity index (χ2v) is 7.56. The molecule has 0 aromatic carbocycles. The molecule has 0 fully saturated rings. The van der Waals surface area contributed by atoms with Gasteiger partial charge in [0.1, 0.15) is 0 Å². The van der Waals surface area contributed by atoms with Crippen LogP contribution < -0.4 is 0 Å². The van der Waals surface area contributed by atoms with E-state index in [1.54, 1.807) is 0 Å². The van der Waals surface area contributed by atoms with Gasteiger partial charge < -0.3 is 9.47 Å². The summed E-state index contributed by atoms with van der Waals surface area (Å²) in [6.45, 7) is 9.48. The molecule has 0 N–H and O–H groups in total. The van der Waals surface area contributed by atoms with Crippen molar-refractivity contribution in [3.63, 3.8) is 0 Å². The van der Waals surface area contributed by atoms with Crippen LogP contribution in [0.25, 0.3) is 0 Å². The first kappa shape index (κ1) is 20.7. The minimum atomic E-state index is -0.397. The summed E-state index contributed by atoms with van der Waals surface area (Å²) < 4.78 is 10.8. The Morgan fingerprint density at radius 3 is 1.54 bits per heavy atom. The summed E-state index contributed by atoms with van der Waals surface area (Å²) in [7, 11) is 0. The molecule has 0 saturated carbocycles. The Kier molecular flexibility index (Phi) is 9.73. The average molecular weight is 338 g/mol. The molecule has 0 spiro atoms. The summed E-state index contributed by atoms with van der Waals surface area (Å²) in [4.78, 5) is 24.6. The Morgan fingerprint density at radius 2 is 1.21 bits per heavy atom. The Morgan fingerprint density at radius 1 is 0.833 bits per heavy atom. The summed E-state index contributed by atoms with van der Waals surface area (Å²) in [6, 6.07) is 0. The van der Waals surface area contributed by atoms with Crippen LogP contribution in [0.3, 0.4) is 0 Å². The van der Waals surface area contributed by atoms with Gasteiger partial charge in [-0.2, -0.15) is 0 Å². The Labute approximate surface area is 147 Å². The van der Waals surface area contributed by atoms with Gasteiger partial charge in [-0.3, -0.25) is 9.59 Å². The van der Waals surface area contributed by atoms with E-state index in [-0.39, 0.29) is 11.9 Å². The van der Waals surface area contributed by atoms with Crippen molar-refractivity contribution in [2.24, 2.45) is 23.7 Å². The zero-order chi connectivity index (χ0) is 17.9. The molecule has 0 aliphatic heterocycles. The highest BCUT2D eigenvalue weighted by Gasteiger charge is 2.36. The highest BCUT2D eigenvalue weighted by atomic mass is 16.5. The summed E-state index contributed by atoms with van der Waals surface area (Å²) in [5, 5.41) is 0. The fourth-order valence-electron chi connectivity index (χ4n) is 2.88. The van der Waals surface area contributed by atoms with Crippen molar-refractivity contribution in [3.05, 3.63) is 12.2 Å². The van der Waals surface area contributed by atoms with Gasteiger partial charge in [0.25, 0.3) is 0 Å². The molecule has 0 amide bonds. The third-order valence-electron chi connectivity index (χ3n) is 4.38. The van der Waals surface area contributed by atoms with Crippen LogP contribution in [0.5, 0.6) is 0 Å². The van der Waals surface area contributed by atoms with Gasteiger partial charge in [0.15, 0.2) is 0 Å². The second kappa shape index (κ2) is 11.3. The molecule has 4 nitrogen and oxygen atoms in total. The summed E-state index contributed by atoms with van der Waals surface area (Å²) in [5.41, 5.74) is 0. The minimum absolute atomic E-state index is 0.257. The molecule has 4 heteroatoms. The third-order valence-corrected chi connectivity index (χ3v) is 4.38. The number of hydrogen-bond acceptors (Lipinski definition) is 4. The van der Waals surface area contributed by atoms with E-state index in [2.05, 4.69) is 27.7 Å². The highest BCUT2D eigenvalue weighted by molar-refractivity contribution is 5.82. The van der Waals surface area contributed by atoms with E-state index in [9.17, 15) is 9.59 Å². The maximum atomic E-state index is 12.3. The van der Waals surface area contributed by atoms with E-state index in [1.165, 1.54) is 0 Å². The molecule has 0 aromatic rings. The molecule has 2 unspecified atom stereocenters. The van der Waals surface area contributed by atoms with Crippen LogP contribution in [-0.2, 0) is 19.1 Å². The van der Waals surface area contributed by atoms with Crippen molar-refractivity contribution < 1.29 is 19.1 Å². The number of allylic oxidation sites excluding steroid dienone is 2. The zero-order valence-corrected chi connectivity index (χ0v) is 15.8. The number of rotatable bonds is 10. The molecule has 1 rings (SSSR count). The molecule has 138 valence electrons. The first-order valence-electron chi connectivity index (χ1n) is 9.40. The number of ether oxygens (including phenoxy) is 2. The zero-order valence-electron chi connectivity index (χ0n) is 15.8. The lowest BCUT2D eigenvalue weighted by molar-refractivity contribution is -0.161. The Hall–Kier alpha value is -1.32. The number of carbonyl (C=O) groups excluding carboxylic acids is 2. The second-order valence-electron chi connectivity index (χ2n) is 7.56. The van der Waals surface area contributed by atoms with E-state index < -0.39 is 11.8 Å². The molecule has 24 heavy (non-hydrogen) atoms. The van der Waals surface area contributed by atoms with Gasteiger partial charge in [0, 0.05) is 0 Å². The van der Waals surface area contributed by atoms with Gasteiger partial charge in [-0.1, -0.05) is 39.8 Å². The van der Waals surface area contributed by atoms with Gasteiger partial charge in [0.05, 0.1) is 25.0 Å². The third kappa shape index (κ3) is 7.98. The summed E-state index contributed by atoms with van der Waals surface area (Å²) >= 11 is 0. The highest BCUT2D eigenvalue weighted by Crippen LogP contribution is 2.28. The Bertz CT molecular complexity index is 374. The standard InChI is InChI=1S/C20H34O4/c1-15(2)9-7-13-23-19(21)17-11-5-6-12-18(17)20(22)24-14-8-10-16(3)4/h5-6,15-18H,7-14H2,1-4H3. The molecular formula is C20H34O4. The van der Waals surface area contributed by atoms with Crippen molar-refractivity contribution in [2.75, 3.05) is 13.2 Å². The minimum Gasteiger partial charge on any atom is -0.465 e. The maximum absolute atomic E-state index is 12.3. The van der Waals surface area contributed by atoms with E-state index in [1.807, 2.05) is 12.2 Å². The molecule has 0 saturated heterocycles. The largest absolute Gasteiger partial charge is 0.465 e. The van der Waals surface area contributed by atoms with E-state index in [0.717, 1.165) is 25.7 Å². The molecule has 1 aliphatic carbocycles. The van der Waals surface area contributed by atoms with Crippen molar-refractivity contribution in [1.82, 2.24) is 0 Å². The Balaban J connectivity index is 2.41. The molecular weight excluding hydrogens is 304 g/mol. The smallest absolute Gasteiger partial charge is 0.310 e. The van der Waals surface area contributed by atoms with Crippen LogP contribution in [0.4, 0.5) is 0 Å². The fraction of sp³-hybridized carbons (Fsp3) is 0.800. The molecule has 0 aromatic heterocycles. The van der Waals surface area contributed by atoms with Crippen LogP contribution in [0.2, 0.25) is 0 Å². The first-order chi connectivity index (χ1) is 11.4. The normalized spacial score (nSPS) is 20.4. The molecule has 0 radical (unpaired) electrons. The summed E-state index contributed by atoms with van der Waals surface area (Å²) in [5.74, 6) is -0.0949. The SMILES string of the molecule is CC(C)CCCOC(=O)C1CC=CCC1C(=O)OCCCC(C)C. The number of esters is 2. The molecule has 1 aliphatic rings. The monoisotopic (exact) mass is 338 g/mol. The average Bonchev–Trinajstić information content (AvgIpc) is 2.54. The predicted molar refractivity (Wildman–Crippen MR) is 95.4 cm³/mol. The predicted octanol–water partition coefficient (Wildman–Crippen LogP) is 4.53. The number of hydrogen-bond donors (Lipinski definition) is 0. The molecule has 2 atom stereocenters. The van der Waals surface area contributed by atoms with Crippen LogP contribution in [0, 0.1) is 23.7 Å². The van der Waals surface area contributed by atoms with Gasteiger partial charge >= 0.3 is 11.9 Å². The first-order valence-corrected chi connectivity index (χ1v) is 9.40. The molecule has 0 bridgehead atoms. The van der Waals surface area contributed by atoms with E-state index in [0.29, 0.717) is 37.9 Å². The maximum Gasteiger partial charge on any atom is 0.310 e. The van der Waals surface area contributed by atoms with E-state index in [4.69, 9.17) is 9.47 Å². The van der Waals surface area contributed by atoms with Crippen LogP contribution in [-0.4, -0.2) is 25.2 Å². The van der Waals surface area contributed by atoms with Gasteiger partial charge in [0.2, 0.25) is 0 Å².